The van der Waals surface area contributed by atoms with Gasteiger partial charge in [-0.3, -0.25) is 10.1 Å². The monoisotopic (exact) mass is 255 g/mol. The number of hydrogen-bond acceptors (Lipinski definition) is 6. The summed E-state index contributed by atoms with van der Waals surface area (Å²) < 4.78 is 14.7. The first-order chi connectivity index (χ1) is 8.54. The molecule has 0 aromatic heterocycles. The number of benzene rings is 1. The molecular weight excluding hydrogens is 242 g/mol. The van der Waals surface area contributed by atoms with Gasteiger partial charge in [0.05, 0.1) is 31.8 Å². The summed E-state index contributed by atoms with van der Waals surface area (Å²) in [5.74, 6) is -0.354. The zero-order valence-electron chi connectivity index (χ0n) is 10.3. The molecule has 0 atom stereocenters. The van der Waals surface area contributed by atoms with Crippen molar-refractivity contribution in [2.45, 2.75) is 6.92 Å². The maximum atomic E-state index is 11.5. The van der Waals surface area contributed by atoms with E-state index in [0.717, 1.165) is 13.2 Å². The number of ether oxygens (including phenoxy) is 3. The molecule has 0 heterocycles. The van der Waals surface area contributed by atoms with Gasteiger partial charge in [0.15, 0.2) is 11.5 Å². The minimum atomic E-state index is -0.801. The van der Waals surface area contributed by atoms with Crippen molar-refractivity contribution in [3.8, 4) is 11.5 Å². The molecule has 7 nitrogen and oxygen atoms in total. The summed E-state index contributed by atoms with van der Waals surface area (Å²) in [5, 5.41) is 10.9. The van der Waals surface area contributed by atoms with Crippen molar-refractivity contribution in [2.75, 3.05) is 20.8 Å². The second-order valence-electron chi connectivity index (χ2n) is 3.20. The van der Waals surface area contributed by atoms with E-state index in [1.807, 2.05) is 0 Å². The van der Waals surface area contributed by atoms with Crippen molar-refractivity contribution in [1.29, 1.82) is 0 Å². The van der Waals surface area contributed by atoms with Gasteiger partial charge in [-0.25, -0.2) is 4.79 Å². The van der Waals surface area contributed by atoms with Crippen LogP contribution in [0.15, 0.2) is 12.1 Å². The molecule has 0 fully saturated rings. The molecule has 0 aliphatic carbocycles. The van der Waals surface area contributed by atoms with Crippen molar-refractivity contribution < 1.29 is 23.9 Å². The highest BCUT2D eigenvalue weighted by molar-refractivity contribution is 5.94. The van der Waals surface area contributed by atoms with Gasteiger partial charge in [-0.2, -0.15) is 0 Å². The summed E-state index contributed by atoms with van der Waals surface area (Å²) in [6.07, 6.45) is 0. The molecule has 0 aliphatic heterocycles. The van der Waals surface area contributed by atoms with Crippen LogP contribution in [-0.2, 0) is 4.74 Å². The Morgan fingerprint density at radius 1 is 1.33 bits per heavy atom. The van der Waals surface area contributed by atoms with E-state index in [-0.39, 0.29) is 22.7 Å². The quantitative estimate of drug-likeness (QED) is 0.452. The molecule has 98 valence electrons. The lowest BCUT2D eigenvalue weighted by molar-refractivity contribution is -0.385. The van der Waals surface area contributed by atoms with Crippen molar-refractivity contribution in [1.82, 2.24) is 0 Å². The van der Waals surface area contributed by atoms with Gasteiger partial charge >= 0.3 is 5.97 Å². The molecule has 0 saturated carbocycles. The number of nitrogens with zero attached hydrogens (tertiary/aromatic N) is 1. The van der Waals surface area contributed by atoms with Gasteiger partial charge in [0.25, 0.3) is 5.69 Å². The number of nitro benzene ring substituents is 1. The average Bonchev–Trinajstić information content (AvgIpc) is 2.37. The van der Waals surface area contributed by atoms with Crippen molar-refractivity contribution in [3.05, 3.63) is 27.8 Å². The van der Waals surface area contributed by atoms with Crippen LogP contribution in [0.5, 0.6) is 11.5 Å². The first kappa shape index (κ1) is 13.8. The normalized spacial score (nSPS) is 9.72. The largest absolute Gasteiger partial charge is 0.493 e. The number of esters is 1. The predicted molar refractivity (Wildman–Crippen MR) is 62.2 cm³/mol. The Kier molecular flexibility index (Phi) is 4.47. The van der Waals surface area contributed by atoms with Gasteiger partial charge in [-0.1, -0.05) is 0 Å². The summed E-state index contributed by atoms with van der Waals surface area (Å²) >= 11 is 0. The SMILES string of the molecule is CCOc1cc(C(=O)OC)c([N+](=O)[O-])cc1OC. The zero-order valence-corrected chi connectivity index (χ0v) is 10.3. The van der Waals surface area contributed by atoms with Crippen LogP contribution in [0.1, 0.15) is 17.3 Å². The van der Waals surface area contributed by atoms with E-state index < -0.39 is 10.9 Å². The van der Waals surface area contributed by atoms with Gasteiger partial charge in [-0.05, 0) is 6.92 Å². The summed E-state index contributed by atoms with van der Waals surface area (Å²) in [5.41, 5.74) is -0.561. The van der Waals surface area contributed by atoms with Gasteiger partial charge in [0.2, 0.25) is 0 Å². The number of carbonyl (C=O) groups is 1. The molecule has 1 aromatic rings. The van der Waals surface area contributed by atoms with Crippen LogP contribution in [-0.4, -0.2) is 31.7 Å². The summed E-state index contributed by atoms with van der Waals surface area (Å²) in [6.45, 7) is 2.09. The van der Waals surface area contributed by atoms with E-state index >= 15 is 0 Å². The zero-order chi connectivity index (χ0) is 13.7. The van der Waals surface area contributed by atoms with Crippen LogP contribution in [0.25, 0.3) is 0 Å². The van der Waals surface area contributed by atoms with Crippen molar-refractivity contribution in [3.63, 3.8) is 0 Å². The third kappa shape index (κ3) is 2.68. The Labute approximate surface area is 103 Å². The lowest BCUT2D eigenvalue weighted by atomic mass is 10.1. The van der Waals surface area contributed by atoms with Crippen LogP contribution < -0.4 is 9.47 Å². The molecule has 18 heavy (non-hydrogen) atoms. The number of methoxy groups -OCH3 is 2. The van der Waals surface area contributed by atoms with Gasteiger partial charge < -0.3 is 14.2 Å². The second kappa shape index (κ2) is 5.85. The molecule has 1 aromatic carbocycles. The van der Waals surface area contributed by atoms with E-state index in [0.29, 0.717) is 6.61 Å². The molecular formula is C11H13NO6. The lowest BCUT2D eigenvalue weighted by Crippen LogP contribution is -2.07. The average molecular weight is 255 g/mol. The smallest absolute Gasteiger partial charge is 0.345 e. The number of hydrogen-bond donors (Lipinski definition) is 0. The van der Waals surface area contributed by atoms with Gasteiger partial charge in [0.1, 0.15) is 5.56 Å². The Bertz CT molecular complexity index is 471. The van der Waals surface area contributed by atoms with Crippen LogP contribution in [0.4, 0.5) is 5.69 Å². The molecule has 0 amide bonds. The molecule has 0 saturated heterocycles. The van der Waals surface area contributed by atoms with Crippen molar-refractivity contribution >= 4 is 11.7 Å². The molecule has 0 spiro atoms. The molecule has 1 rings (SSSR count). The fourth-order valence-electron chi connectivity index (χ4n) is 1.40. The van der Waals surface area contributed by atoms with Crippen LogP contribution in [0.2, 0.25) is 0 Å². The third-order valence-corrected chi connectivity index (χ3v) is 2.18. The first-order valence-corrected chi connectivity index (χ1v) is 5.12. The molecule has 0 radical (unpaired) electrons. The van der Waals surface area contributed by atoms with E-state index in [1.165, 1.54) is 13.2 Å². The molecule has 0 aliphatic rings. The minimum Gasteiger partial charge on any atom is -0.493 e. The highest BCUT2D eigenvalue weighted by Crippen LogP contribution is 2.34. The topological polar surface area (TPSA) is 87.9 Å². The summed E-state index contributed by atoms with van der Waals surface area (Å²) in [7, 11) is 2.51. The van der Waals surface area contributed by atoms with Gasteiger partial charge in [0, 0.05) is 6.07 Å². The molecule has 0 unspecified atom stereocenters. The fourth-order valence-corrected chi connectivity index (χ4v) is 1.40. The van der Waals surface area contributed by atoms with E-state index in [1.54, 1.807) is 6.92 Å². The minimum absolute atomic E-state index is 0.174. The highest BCUT2D eigenvalue weighted by Gasteiger charge is 2.25. The summed E-state index contributed by atoms with van der Waals surface area (Å²) in [6, 6.07) is 2.38. The molecule has 0 N–H and O–H groups in total. The molecule has 0 bridgehead atoms. The maximum Gasteiger partial charge on any atom is 0.345 e. The Balaban J connectivity index is 3.41. The fraction of sp³-hybridized carbons (Fsp3) is 0.364. The molecule has 7 heteroatoms. The van der Waals surface area contributed by atoms with Crippen LogP contribution in [0.3, 0.4) is 0 Å². The number of rotatable bonds is 5. The standard InChI is InChI=1S/C11H13NO6/c1-4-18-10-5-7(11(13)17-3)8(12(14)15)6-9(10)16-2/h5-6H,4H2,1-3H3. The Morgan fingerprint density at radius 2 is 2.00 bits per heavy atom. The van der Waals surface area contributed by atoms with E-state index in [4.69, 9.17) is 9.47 Å². The number of nitro groups is 1. The second-order valence-corrected chi connectivity index (χ2v) is 3.20. The van der Waals surface area contributed by atoms with Crippen molar-refractivity contribution in [2.24, 2.45) is 0 Å². The lowest BCUT2D eigenvalue weighted by Gasteiger charge is -2.10. The predicted octanol–water partition coefficient (Wildman–Crippen LogP) is 1.79. The van der Waals surface area contributed by atoms with E-state index in [9.17, 15) is 14.9 Å². The Morgan fingerprint density at radius 3 is 2.44 bits per heavy atom. The highest BCUT2D eigenvalue weighted by atomic mass is 16.6. The Hall–Kier alpha value is -2.31. The maximum absolute atomic E-state index is 11.5. The van der Waals surface area contributed by atoms with Gasteiger partial charge in [-0.15, -0.1) is 0 Å². The summed E-state index contributed by atoms with van der Waals surface area (Å²) in [4.78, 5) is 21.7. The number of carbonyl (C=O) groups excluding carboxylic acids is 1. The van der Waals surface area contributed by atoms with Crippen LogP contribution >= 0.6 is 0 Å². The first-order valence-electron chi connectivity index (χ1n) is 5.12. The van der Waals surface area contributed by atoms with E-state index in [2.05, 4.69) is 4.74 Å². The third-order valence-electron chi connectivity index (χ3n) is 2.18. The van der Waals surface area contributed by atoms with Crippen LogP contribution in [0, 0.1) is 10.1 Å².